The summed E-state index contributed by atoms with van der Waals surface area (Å²) in [5, 5.41) is 8.85. The number of aryl methyl sites for hydroxylation is 2. The molecule has 4 nitrogen and oxygen atoms in total. The molecule has 1 atom stereocenters. The van der Waals surface area contributed by atoms with E-state index in [2.05, 4.69) is 35.0 Å². The van der Waals surface area contributed by atoms with E-state index < -0.39 is 9.96 Å². The van der Waals surface area contributed by atoms with Crippen molar-refractivity contribution < 1.29 is 4.79 Å². The summed E-state index contributed by atoms with van der Waals surface area (Å²) in [7, 11) is 0. The van der Waals surface area contributed by atoms with Gasteiger partial charge in [-0.2, -0.15) is 0 Å². The highest BCUT2D eigenvalue weighted by atomic mass is 35.6. The van der Waals surface area contributed by atoms with Crippen LogP contribution in [0.1, 0.15) is 54.1 Å². The van der Waals surface area contributed by atoms with Crippen LogP contribution in [0.25, 0.3) is 0 Å². The molecule has 0 aromatic heterocycles. The largest absolute Gasteiger partial charge is 0.339 e. The van der Waals surface area contributed by atoms with E-state index in [0.29, 0.717) is 5.56 Å². The van der Waals surface area contributed by atoms with Crippen LogP contribution in [0.4, 0.5) is 5.69 Å². The Kier molecular flexibility index (Phi) is 10.4. The number of thiocarbonyl (C=S) groups is 1. The molecule has 8 heteroatoms. The Bertz CT molecular complexity index is 852. The molecule has 0 aliphatic carbocycles. The van der Waals surface area contributed by atoms with Crippen LogP contribution in [-0.2, 0) is 6.42 Å². The molecular formula is C23H28Cl3N3OS. The van der Waals surface area contributed by atoms with Crippen LogP contribution < -0.4 is 16.0 Å². The molecular weight excluding hydrogens is 473 g/mol. The highest BCUT2D eigenvalue weighted by Crippen LogP contribution is 2.29. The molecule has 2 rings (SSSR count). The molecule has 0 unspecified atom stereocenters. The number of rotatable bonds is 9. The number of unbranched alkanes of at least 4 members (excludes halogenated alkanes) is 3. The Morgan fingerprint density at radius 3 is 2.19 bits per heavy atom. The van der Waals surface area contributed by atoms with Gasteiger partial charge >= 0.3 is 0 Å². The first kappa shape index (κ1) is 25.7. The summed E-state index contributed by atoms with van der Waals surface area (Å²) in [6.45, 7) is 4.15. The maximum absolute atomic E-state index is 12.5. The fourth-order valence-electron chi connectivity index (χ4n) is 2.93. The predicted octanol–water partition coefficient (Wildman–Crippen LogP) is 6.53. The molecule has 0 spiro atoms. The van der Waals surface area contributed by atoms with Gasteiger partial charge in [0.05, 0.1) is 0 Å². The molecule has 0 saturated carbocycles. The minimum absolute atomic E-state index is 0.233. The Hall–Kier alpha value is -1.53. The number of hydrogen-bond acceptors (Lipinski definition) is 2. The van der Waals surface area contributed by atoms with Crippen molar-refractivity contribution in [3.63, 3.8) is 0 Å². The van der Waals surface area contributed by atoms with E-state index in [1.807, 2.05) is 31.2 Å². The summed E-state index contributed by atoms with van der Waals surface area (Å²) in [5.74, 6) is -0.376. The normalized spacial score (nSPS) is 12.2. The van der Waals surface area contributed by atoms with Gasteiger partial charge in [0.25, 0.3) is 5.91 Å². The lowest BCUT2D eigenvalue weighted by Crippen LogP contribution is -2.56. The van der Waals surface area contributed by atoms with Crippen molar-refractivity contribution in [2.75, 3.05) is 5.32 Å². The molecule has 0 fully saturated rings. The van der Waals surface area contributed by atoms with E-state index in [1.54, 1.807) is 12.1 Å². The smallest absolute Gasteiger partial charge is 0.252 e. The average Bonchev–Trinajstić information content (AvgIpc) is 2.71. The molecule has 31 heavy (non-hydrogen) atoms. The number of hydrogen-bond donors (Lipinski definition) is 3. The Morgan fingerprint density at radius 1 is 0.968 bits per heavy atom. The molecule has 0 saturated heterocycles. The lowest BCUT2D eigenvalue weighted by molar-refractivity contribution is 0.0934. The van der Waals surface area contributed by atoms with Gasteiger partial charge in [0.2, 0.25) is 3.79 Å². The number of nitrogens with one attached hydrogen (secondary N) is 3. The predicted molar refractivity (Wildman–Crippen MR) is 136 cm³/mol. The average molecular weight is 501 g/mol. The van der Waals surface area contributed by atoms with Crippen molar-refractivity contribution in [2.24, 2.45) is 0 Å². The van der Waals surface area contributed by atoms with E-state index >= 15 is 0 Å². The Labute approximate surface area is 205 Å². The minimum atomic E-state index is -1.81. The second-order valence-corrected chi connectivity index (χ2v) is 10.2. The molecule has 2 aromatic carbocycles. The molecule has 0 bridgehead atoms. The summed E-state index contributed by atoms with van der Waals surface area (Å²) in [5.41, 5.74) is 3.60. The van der Waals surface area contributed by atoms with Crippen LogP contribution in [0.2, 0.25) is 0 Å². The van der Waals surface area contributed by atoms with Gasteiger partial charge in [-0.05, 0) is 61.8 Å². The number of amides is 1. The van der Waals surface area contributed by atoms with Crippen molar-refractivity contribution in [1.29, 1.82) is 0 Å². The first-order valence-electron chi connectivity index (χ1n) is 10.3. The van der Waals surface area contributed by atoms with Gasteiger partial charge in [-0.25, -0.2) is 0 Å². The third-order valence-corrected chi connectivity index (χ3v) is 5.60. The fourth-order valence-corrected chi connectivity index (χ4v) is 3.49. The monoisotopic (exact) mass is 499 g/mol. The van der Waals surface area contributed by atoms with Crippen LogP contribution >= 0.6 is 47.0 Å². The lowest BCUT2D eigenvalue weighted by atomic mass is 10.1. The Morgan fingerprint density at radius 2 is 1.61 bits per heavy atom. The maximum atomic E-state index is 12.5. The van der Waals surface area contributed by atoms with E-state index in [1.165, 1.54) is 31.2 Å². The van der Waals surface area contributed by atoms with E-state index in [9.17, 15) is 4.79 Å². The molecule has 2 aromatic rings. The summed E-state index contributed by atoms with van der Waals surface area (Å²) in [4.78, 5) is 12.5. The first-order valence-corrected chi connectivity index (χ1v) is 11.8. The highest BCUT2D eigenvalue weighted by molar-refractivity contribution is 7.80. The standard InChI is InChI=1S/C23H28Cl3N3OS/c1-3-4-5-6-7-17-10-14-19(15-11-17)27-22(31)29-21(23(24,25)26)28-20(30)18-12-8-16(2)9-13-18/h8-15,21H,3-7H2,1-2H3,(H,28,30)(H2,27,29,31)/t21-/m1/s1. The number of benzene rings is 2. The van der Waals surface area contributed by atoms with Crippen molar-refractivity contribution in [3.8, 4) is 0 Å². The van der Waals surface area contributed by atoms with E-state index in [0.717, 1.165) is 17.7 Å². The molecule has 3 N–H and O–H groups in total. The van der Waals surface area contributed by atoms with Crippen LogP contribution in [0, 0.1) is 6.92 Å². The molecule has 0 heterocycles. The van der Waals surface area contributed by atoms with Gasteiger partial charge in [-0.1, -0.05) is 90.8 Å². The summed E-state index contributed by atoms with van der Waals surface area (Å²) in [6.07, 6.45) is 4.97. The van der Waals surface area contributed by atoms with Gasteiger partial charge in [0, 0.05) is 11.3 Å². The SMILES string of the molecule is CCCCCCc1ccc(NC(=S)N[C@@H](NC(=O)c2ccc(C)cc2)C(Cl)(Cl)Cl)cc1. The van der Waals surface area contributed by atoms with Crippen LogP contribution in [0.15, 0.2) is 48.5 Å². The Balaban J connectivity index is 1.93. The zero-order chi connectivity index (χ0) is 22.9. The number of carbonyl (C=O) groups excluding carboxylic acids is 1. The third-order valence-electron chi connectivity index (χ3n) is 4.72. The van der Waals surface area contributed by atoms with Crippen LogP contribution in [0.3, 0.4) is 0 Å². The molecule has 168 valence electrons. The zero-order valence-electron chi connectivity index (χ0n) is 17.7. The number of halogens is 3. The third kappa shape index (κ3) is 9.24. The molecule has 1 amide bonds. The first-order chi connectivity index (χ1) is 14.7. The highest BCUT2D eigenvalue weighted by Gasteiger charge is 2.34. The van der Waals surface area contributed by atoms with Crippen LogP contribution in [0.5, 0.6) is 0 Å². The maximum Gasteiger partial charge on any atom is 0.252 e. The van der Waals surface area contributed by atoms with Crippen molar-refractivity contribution in [2.45, 2.75) is 55.9 Å². The van der Waals surface area contributed by atoms with Gasteiger partial charge in [-0.3, -0.25) is 4.79 Å². The number of carbonyl (C=O) groups is 1. The number of alkyl halides is 3. The summed E-state index contributed by atoms with van der Waals surface area (Å²) < 4.78 is -1.81. The topological polar surface area (TPSA) is 53.2 Å². The quantitative estimate of drug-likeness (QED) is 0.158. The van der Waals surface area contributed by atoms with E-state index in [-0.39, 0.29) is 11.0 Å². The van der Waals surface area contributed by atoms with Crippen molar-refractivity contribution in [3.05, 3.63) is 65.2 Å². The molecule has 0 aliphatic heterocycles. The van der Waals surface area contributed by atoms with Gasteiger partial charge in [0.15, 0.2) is 5.11 Å². The van der Waals surface area contributed by atoms with Crippen molar-refractivity contribution >= 4 is 63.7 Å². The molecule has 0 radical (unpaired) electrons. The van der Waals surface area contributed by atoms with Crippen LogP contribution in [-0.4, -0.2) is 21.0 Å². The summed E-state index contributed by atoms with van der Waals surface area (Å²) >= 11 is 23.5. The fraction of sp³-hybridized carbons (Fsp3) is 0.391. The lowest BCUT2D eigenvalue weighted by Gasteiger charge is -2.27. The van der Waals surface area contributed by atoms with Crippen molar-refractivity contribution in [1.82, 2.24) is 10.6 Å². The van der Waals surface area contributed by atoms with E-state index in [4.69, 9.17) is 47.0 Å². The van der Waals surface area contributed by atoms with Gasteiger partial charge in [-0.15, -0.1) is 0 Å². The molecule has 0 aliphatic rings. The zero-order valence-corrected chi connectivity index (χ0v) is 20.8. The van der Waals surface area contributed by atoms with Gasteiger partial charge in [0.1, 0.15) is 6.17 Å². The van der Waals surface area contributed by atoms with Gasteiger partial charge < -0.3 is 16.0 Å². The second-order valence-electron chi connectivity index (χ2n) is 7.42. The number of anilines is 1. The summed E-state index contributed by atoms with van der Waals surface area (Å²) in [6, 6.07) is 15.2. The second kappa shape index (κ2) is 12.5. The minimum Gasteiger partial charge on any atom is -0.339 e.